The van der Waals surface area contributed by atoms with E-state index in [4.69, 9.17) is 4.79 Å². The van der Waals surface area contributed by atoms with E-state index < -0.39 is 0 Å². The molecule has 0 saturated heterocycles. The summed E-state index contributed by atoms with van der Waals surface area (Å²) >= 11 is 0. The van der Waals surface area contributed by atoms with Crippen LogP contribution < -0.4 is 0 Å². The molecule has 0 aromatic heterocycles. The van der Waals surface area contributed by atoms with E-state index in [-0.39, 0.29) is 11.5 Å². The maximum Gasteiger partial charge on any atom is 0.116 e. The van der Waals surface area contributed by atoms with E-state index in [0.29, 0.717) is 17.6 Å². The van der Waals surface area contributed by atoms with Crippen molar-refractivity contribution in [3.05, 3.63) is 35.9 Å². The number of aryl methyl sites for hydroxylation is 1. The molecule has 3 nitrogen and oxygen atoms in total. The Hall–Kier alpha value is -1.57. The molecule has 0 spiro atoms. The minimum absolute atomic E-state index is 0.0883. The first-order valence-electron chi connectivity index (χ1n) is 8.65. The van der Waals surface area contributed by atoms with Crippen LogP contribution in [-0.2, 0) is 11.2 Å². The Kier molecular flexibility index (Phi) is 4.35. The molecule has 1 aromatic carbocycles. The summed E-state index contributed by atoms with van der Waals surface area (Å²) in [5.74, 6) is 3.74. The summed E-state index contributed by atoms with van der Waals surface area (Å²) in [6.45, 7) is 5.00. The van der Waals surface area contributed by atoms with Gasteiger partial charge in [-0.1, -0.05) is 13.0 Å². The van der Waals surface area contributed by atoms with Gasteiger partial charge in [-0.3, -0.25) is 0 Å². The van der Waals surface area contributed by atoms with E-state index in [1.54, 1.807) is 0 Å². The van der Waals surface area contributed by atoms with E-state index in [2.05, 4.69) is 19.6 Å². The Bertz CT molecular complexity index is 617. The number of carbonyl (C=O) groups excluding carboxylic acids is 1. The van der Waals surface area contributed by atoms with E-state index in [0.717, 1.165) is 25.2 Å². The van der Waals surface area contributed by atoms with Crippen molar-refractivity contribution in [3.63, 3.8) is 0 Å². The van der Waals surface area contributed by atoms with E-state index in [1.807, 2.05) is 12.1 Å². The van der Waals surface area contributed by atoms with Crippen molar-refractivity contribution in [3.8, 4) is 5.75 Å². The molecule has 23 heavy (non-hydrogen) atoms. The first-order chi connectivity index (χ1) is 11.0. The lowest BCUT2D eigenvalue weighted by Gasteiger charge is -2.50. The van der Waals surface area contributed by atoms with Gasteiger partial charge in [0.25, 0.3) is 0 Å². The normalized spacial score (nSPS) is 37.5. The molecule has 0 bridgehead atoms. The van der Waals surface area contributed by atoms with Crippen molar-refractivity contribution in [2.75, 3.05) is 0 Å². The van der Waals surface area contributed by atoms with E-state index in [1.165, 1.54) is 36.3 Å². The van der Waals surface area contributed by atoms with Gasteiger partial charge < -0.3 is 10.2 Å². The van der Waals surface area contributed by atoms with Gasteiger partial charge in [-0.05, 0) is 91.5 Å². The van der Waals surface area contributed by atoms with Crippen molar-refractivity contribution in [1.29, 1.82) is 0 Å². The highest BCUT2D eigenvalue weighted by Gasteiger charge is 2.54. The third kappa shape index (κ3) is 2.62. The summed E-state index contributed by atoms with van der Waals surface area (Å²) in [4.78, 5) is 8.57. The van der Waals surface area contributed by atoms with E-state index in [9.17, 15) is 10.2 Å². The first-order valence-corrected chi connectivity index (χ1v) is 8.65. The van der Waals surface area contributed by atoms with Crippen molar-refractivity contribution in [2.45, 2.75) is 57.5 Å². The molecule has 0 heterocycles. The molecule has 0 aliphatic heterocycles. The SMILES string of the molecule is C=C=O.C[C@]12CC[C@@H]3c4ccc(O)cc4CC[C@H]3[C@@H]1CC[C@@H]2O. The molecule has 3 aliphatic rings. The molecule has 2 N–H and O–H groups in total. The van der Waals surface area contributed by atoms with Crippen LogP contribution in [0.15, 0.2) is 24.8 Å². The second-order valence-corrected chi connectivity index (χ2v) is 7.58. The Morgan fingerprint density at radius 3 is 2.74 bits per heavy atom. The average molecular weight is 314 g/mol. The molecule has 0 amide bonds. The maximum absolute atomic E-state index is 10.4. The number of rotatable bonds is 0. The number of aliphatic hydroxyl groups excluding tert-OH is 1. The zero-order valence-electron chi connectivity index (χ0n) is 13.8. The number of hydrogen-bond acceptors (Lipinski definition) is 3. The quantitative estimate of drug-likeness (QED) is 0.719. The molecule has 1 aromatic rings. The van der Waals surface area contributed by atoms with Gasteiger partial charge >= 0.3 is 0 Å². The highest BCUT2D eigenvalue weighted by atomic mass is 16.3. The number of hydrogen-bond donors (Lipinski definition) is 2. The molecule has 4 rings (SSSR count). The standard InChI is InChI=1S/C18H24O2.C2H2O/c1-18-9-8-14-13-5-3-12(19)10-11(13)2-4-15(14)16(18)6-7-17(18)20;1-2-3/h3,5,10,14-17,19-20H,2,4,6-9H2,1H3;1H2/t14-,15-,16+,17+,18+;/m1./s1. The van der Waals surface area contributed by atoms with Crippen molar-refractivity contribution >= 4 is 5.94 Å². The Morgan fingerprint density at radius 2 is 2.00 bits per heavy atom. The first kappa shape index (κ1) is 16.3. The fourth-order valence-electron chi connectivity index (χ4n) is 5.54. The van der Waals surface area contributed by atoms with Crippen LogP contribution >= 0.6 is 0 Å². The number of aliphatic hydroxyl groups is 1. The number of benzene rings is 1. The van der Waals surface area contributed by atoms with Gasteiger partial charge in [0.05, 0.1) is 6.10 Å². The largest absolute Gasteiger partial charge is 0.508 e. The van der Waals surface area contributed by atoms with Gasteiger partial charge in [0.1, 0.15) is 11.7 Å². The van der Waals surface area contributed by atoms with Crippen LogP contribution in [0.3, 0.4) is 0 Å². The molecule has 124 valence electrons. The lowest BCUT2D eigenvalue weighted by atomic mass is 9.55. The zero-order chi connectivity index (χ0) is 16.6. The molecular weight excluding hydrogens is 288 g/mol. The number of fused-ring (bicyclic) bond motifs is 5. The highest BCUT2D eigenvalue weighted by molar-refractivity contribution is 5.40. The molecule has 5 atom stereocenters. The van der Waals surface area contributed by atoms with Crippen LogP contribution in [0, 0.1) is 17.3 Å². The van der Waals surface area contributed by atoms with Crippen LogP contribution in [0.25, 0.3) is 0 Å². The van der Waals surface area contributed by atoms with Crippen LogP contribution in [0.4, 0.5) is 0 Å². The zero-order valence-corrected chi connectivity index (χ0v) is 13.8. The smallest absolute Gasteiger partial charge is 0.116 e. The van der Waals surface area contributed by atoms with Crippen molar-refractivity contribution < 1.29 is 15.0 Å². The third-order valence-electron chi connectivity index (χ3n) is 6.66. The molecule has 3 heteroatoms. The minimum Gasteiger partial charge on any atom is -0.508 e. The van der Waals surface area contributed by atoms with Crippen LogP contribution in [0.2, 0.25) is 0 Å². The number of phenols is 1. The fraction of sp³-hybridized carbons (Fsp3) is 0.600. The molecular formula is C20H26O3. The van der Waals surface area contributed by atoms with Crippen molar-refractivity contribution in [2.24, 2.45) is 17.3 Å². The molecule has 3 aliphatic carbocycles. The number of aromatic hydroxyl groups is 1. The van der Waals surface area contributed by atoms with Gasteiger partial charge in [0, 0.05) is 0 Å². The highest BCUT2D eigenvalue weighted by Crippen LogP contribution is 2.60. The lowest BCUT2D eigenvalue weighted by molar-refractivity contribution is -0.0226. The van der Waals surface area contributed by atoms with Crippen LogP contribution in [-0.4, -0.2) is 22.3 Å². The summed E-state index contributed by atoms with van der Waals surface area (Å²) < 4.78 is 0. The monoisotopic (exact) mass is 314 g/mol. The second-order valence-electron chi connectivity index (χ2n) is 7.58. The fourth-order valence-corrected chi connectivity index (χ4v) is 5.54. The predicted molar refractivity (Wildman–Crippen MR) is 90.1 cm³/mol. The van der Waals surface area contributed by atoms with Crippen LogP contribution in [0.1, 0.15) is 56.1 Å². The van der Waals surface area contributed by atoms with Gasteiger partial charge in [0.2, 0.25) is 0 Å². The Labute approximate surface area is 138 Å². The molecule has 0 radical (unpaired) electrons. The Balaban J connectivity index is 0.000000485. The summed E-state index contributed by atoms with van der Waals surface area (Å²) in [6.07, 6.45) is 6.78. The van der Waals surface area contributed by atoms with Gasteiger partial charge in [-0.15, -0.1) is 0 Å². The second kappa shape index (κ2) is 6.14. The summed E-state index contributed by atoms with van der Waals surface area (Å²) in [5, 5.41) is 20.0. The van der Waals surface area contributed by atoms with Gasteiger partial charge in [0.15, 0.2) is 0 Å². The molecule has 2 saturated carbocycles. The molecule has 2 fully saturated rings. The van der Waals surface area contributed by atoms with Crippen molar-refractivity contribution in [1.82, 2.24) is 0 Å². The summed E-state index contributed by atoms with van der Waals surface area (Å²) in [6, 6.07) is 5.96. The minimum atomic E-state index is -0.0883. The predicted octanol–water partition coefficient (Wildman–Crippen LogP) is 3.61. The maximum atomic E-state index is 10.4. The van der Waals surface area contributed by atoms with Crippen LogP contribution in [0.5, 0.6) is 5.75 Å². The topological polar surface area (TPSA) is 57.5 Å². The number of phenolic OH excluding ortho intramolecular Hbond substituents is 1. The third-order valence-corrected chi connectivity index (χ3v) is 6.66. The van der Waals surface area contributed by atoms with Gasteiger partial charge in [-0.2, -0.15) is 0 Å². The van der Waals surface area contributed by atoms with E-state index >= 15 is 0 Å². The molecule has 0 unspecified atom stereocenters. The van der Waals surface area contributed by atoms with Gasteiger partial charge in [-0.25, -0.2) is 4.79 Å². The lowest BCUT2D eigenvalue weighted by Crippen LogP contribution is -2.43. The Morgan fingerprint density at radius 1 is 1.26 bits per heavy atom. The summed E-state index contributed by atoms with van der Waals surface area (Å²) in [5.41, 5.74) is 2.99. The summed E-state index contributed by atoms with van der Waals surface area (Å²) in [7, 11) is 0. The average Bonchev–Trinajstić information content (AvgIpc) is 2.83.